The van der Waals surface area contributed by atoms with E-state index in [0.717, 1.165) is 5.56 Å². The van der Waals surface area contributed by atoms with Gasteiger partial charge in [0.05, 0.1) is 16.6 Å². The minimum atomic E-state index is -0.465. The molecule has 28 heavy (non-hydrogen) atoms. The van der Waals surface area contributed by atoms with E-state index < -0.39 is 4.92 Å². The molecule has 0 N–H and O–H groups in total. The van der Waals surface area contributed by atoms with Gasteiger partial charge < -0.3 is 9.80 Å². The number of likely N-dealkylation sites (N-methyl/N-ethyl adjacent to an activating group) is 1. The van der Waals surface area contributed by atoms with E-state index in [2.05, 4.69) is 6.07 Å². The summed E-state index contributed by atoms with van der Waals surface area (Å²) in [5, 5.41) is 19.8. The van der Waals surface area contributed by atoms with Gasteiger partial charge in [0.1, 0.15) is 0 Å². The zero-order valence-corrected chi connectivity index (χ0v) is 15.9. The molecule has 0 aliphatic rings. The summed E-state index contributed by atoms with van der Waals surface area (Å²) in [6.07, 6.45) is 3.01. The number of non-ortho nitro benzene ring substituents is 1. The Bertz CT molecular complexity index is 899. The van der Waals surface area contributed by atoms with Crippen LogP contribution in [-0.2, 0) is 11.3 Å². The van der Waals surface area contributed by atoms with Crippen molar-refractivity contribution in [2.24, 2.45) is 0 Å². The largest absolute Gasteiger partial charge is 0.334 e. The summed E-state index contributed by atoms with van der Waals surface area (Å²) in [5.74, 6) is -0.183. The summed E-state index contributed by atoms with van der Waals surface area (Å²) in [6.45, 7) is 1.65. The maximum absolute atomic E-state index is 12.7. The predicted molar refractivity (Wildman–Crippen MR) is 107 cm³/mol. The van der Waals surface area contributed by atoms with Crippen LogP contribution < -0.4 is 0 Å². The quantitative estimate of drug-likeness (QED) is 0.400. The number of nitro groups is 1. The van der Waals surface area contributed by atoms with Crippen LogP contribution in [0.4, 0.5) is 5.69 Å². The fraction of sp³-hybridized carbons (Fsp3) is 0.238. The molecule has 7 heteroatoms. The van der Waals surface area contributed by atoms with Gasteiger partial charge in [-0.25, -0.2) is 0 Å². The van der Waals surface area contributed by atoms with E-state index in [9.17, 15) is 14.9 Å². The van der Waals surface area contributed by atoms with Crippen molar-refractivity contribution >= 4 is 17.7 Å². The average molecular weight is 378 g/mol. The molecule has 0 unspecified atom stereocenters. The van der Waals surface area contributed by atoms with Gasteiger partial charge in [0, 0.05) is 37.8 Å². The molecule has 1 amide bonds. The number of nitriles is 1. The first-order valence-corrected chi connectivity index (χ1v) is 8.74. The number of carbonyl (C=O) groups is 1. The molecule has 0 aliphatic carbocycles. The van der Waals surface area contributed by atoms with Gasteiger partial charge in [-0.3, -0.25) is 14.9 Å². The van der Waals surface area contributed by atoms with Crippen molar-refractivity contribution in [2.45, 2.75) is 6.54 Å². The number of hydrogen-bond acceptors (Lipinski definition) is 5. The second kappa shape index (κ2) is 10.00. The van der Waals surface area contributed by atoms with Crippen LogP contribution in [0.3, 0.4) is 0 Å². The molecule has 2 rings (SSSR count). The highest BCUT2D eigenvalue weighted by molar-refractivity contribution is 5.91. The van der Waals surface area contributed by atoms with Gasteiger partial charge in [-0.1, -0.05) is 24.3 Å². The van der Waals surface area contributed by atoms with E-state index in [1.807, 2.05) is 31.1 Å². The van der Waals surface area contributed by atoms with E-state index in [1.54, 1.807) is 35.2 Å². The average Bonchev–Trinajstić information content (AvgIpc) is 2.69. The summed E-state index contributed by atoms with van der Waals surface area (Å²) in [6, 6.07) is 15.3. The van der Waals surface area contributed by atoms with Crippen molar-refractivity contribution in [1.82, 2.24) is 9.80 Å². The van der Waals surface area contributed by atoms with Crippen molar-refractivity contribution in [2.75, 3.05) is 27.2 Å². The lowest BCUT2D eigenvalue weighted by molar-refractivity contribution is -0.384. The maximum Gasteiger partial charge on any atom is 0.270 e. The number of benzene rings is 2. The van der Waals surface area contributed by atoms with Crippen molar-refractivity contribution in [3.63, 3.8) is 0 Å². The number of rotatable bonds is 8. The van der Waals surface area contributed by atoms with Crippen molar-refractivity contribution in [3.8, 4) is 6.07 Å². The number of amides is 1. The van der Waals surface area contributed by atoms with Crippen LogP contribution in [0.1, 0.15) is 16.7 Å². The molecule has 0 aromatic heterocycles. The molecule has 0 radical (unpaired) electrons. The van der Waals surface area contributed by atoms with Crippen LogP contribution in [0.25, 0.3) is 6.08 Å². The Hall–Kier alpha value is -3.50. The molecule has 0 aliphatic heterocycles. The zero-order valence-electron chi connectivity index (χ0n) is 15.9. The lowest BCUT2D eigenvalue weighted by Crippen LogP contribution is -2.35. The molecule has 0 heterocycles. The van der Waals surface area contributed by atoms with E-state index in [0.29, 0.717) is 30.8 Å². The Morgan fingerprint density at radius 1 is 1.18 bits per heavy atom. The summed E-state index contributed by atoms with van der Waals surface area (Å²) >= 11 is 0. The predicted octanol–water partition coefficient (Wildman–Crippen LogP) is 3.07. The monoisotopic (exact) mass is 378 g/mol. The molecule has 0 bridgehead atoms. The topological polar surface area (TPSA) is 90.5 Å². The van der Waals surface area contributed by atoms with E-state index >= 15 is 0 Å². The van der Waals surface area contributed by atoms with Crippen LogP contribution in [0, 0.1) is 21.4 Å². The summed E-state index contributed by atoms with van der Waals surface area (Å²) in [7, 11) is 3.87. The standard InChI is InChI=1S/C21H22N4O3/c1-23(2)12-13-24(16-19-8-6-18(15-22)7-9-19)21(26)11-10-17-4-3-5-20(14-17)25(27)28/h3-11,14H,12-13,16H2,1-2H3/b11-10+. The molecular formula is C21H22N4O3. The van der Waals surface area contributed by atoms with Gasteiger partial charge in [0.2, 0.25) is 5.91 Å². The summed E-state index contributed by atoms with van der Waals surface area (Å²) in [4.78, 5) is 26.8. The summed E-state index contributed by atoms with van der Waals surface area (Å²) in [5.41, 5.74) is 2.07. The summed E-state index contributed by atoms with van der Waals surface area (Å²) < 4.78 is 0. The van der Waals surface area contributed by atoms with Crippen LogP contribution in [0.5, 0.6) is 0 Å². The van der Waals surface area contributed by atoms with Crippen LogP contribution in [-0.4, -0.2) is 47.8 Å². The minimum absolute atomic E-state index is 0.0170. The Labute approximate surface area is 164 Å². The smallest absolute Gasteiger partial charge is 0.270 e. The van der Waals surface area contributed by atoms with E-state index in [4.69, 9.17) is 5.26 Å². The number of hydrogen-bond donors (Lipinski definition) is 0. The molecule has 0 atom stereocenters. The highest BCUT2D eigenvalue weighted by Crippen LogP contribution is 2.15. The number of nitrogens with zero attached hydrogens (tertiary/aromatic N) is 4. The van der Waals surface area contributed by atoms with Crippen LogP contribution >= 0.6 is 0 Å². The third kappa shape index (κ3) is 6.34. The Morgan fingerprint density at radius 2 is 1.89 bits per heavy atom. The van der Waals surface area contributed by atoms with Crippen molar-refractivity contribution < 1.29 is 9.72 Å². The second-order valence-corrected chi connectivity index (χ2v) is 6.56. The lowest BCUT2D eigenvalue weighted by Gasteiger charge is -2.23. The molecule has 0 fully saturated rings. The third-order valence-electron chi connectivity index (χ3n) is 4.08. The van der Waals surface area contributed by atoms with Gasteiger partial charge in [-0.15, -0.1) is 0 Å². The molecule has 2 aromatic rings. The maximum atomic E-state index is 12.7. The first-order chi connectivity index (χ1) is 13.4. The molecule has 0 saturated heterocycles. The lowest BCUT2D eigenvalue weighted by atomic mass is 10.1. The minimum Gasteiger partial charge on any atom is -0.334 e. The molecular weight excluding hydrogens is 356 g/mol. The fourth-order valence-corrected chi connectivity index (χ4v) is 2.51. The first-order valence-electron chi connectivity index (χ1n) is 8.74. The third-order valence-corrected chi connectivity index (χ3v) is 4.08. The Kier molecular flexibility index (Phi) is 7.43. The molecule has 7 nitrogen and oxygen atoms in total. The normalized spacial score (nSPS) is 10.8. The number of carbonyl (C=O) groups excluding carboxylic acids is 1. The van der Waals surface area contributed by atoms with Crippen molar-refractivity contribution in [1.29, 1.82) is 5.26 Å². The van der Waals surface area contributed by atoms with Gasteiger partial charge >= 0.3 is 0 Å². The fourth-order valence-electron chi connectivity index (χ4n) is 2.51. The van der Waals surface area contributed by atoms with Gasteiger partial charge in [0.15, 0.2) is 0 Å². The Morgan fingerprint density at radius 3 is 2.50 bits per heavy atom. The van der Waals surface area contributed by atoms with Gasteiger partial charge in [-0.2, -0.15) is 5.26 Å². The number of nitro benzene ring substituents is 1. The van der Waals surface area contributed by atoms with Gasteiger partial charge in [-0.05, 0) is 43.4 Å². The molecule has 0 saturated carbocycles. The van der Waals surface area contributed by atoms with E-state index in [-0.39, 0.29) is 11.6 Å². The van der Waals surface area contributed by atoms with E-state index in [1.165, 1.54) is 18.2 Å². The molecule has 0 spiro atoms. The van der Waals surface area contributed by atoms with Crippen LogP contribution in [0.2, 0.25) is 0 Å². The highest BCUT2D eigenvalue weighted by Gasteiger charge is 2.12. The van der Waals surface area contributed by atoms with Crippen molar-refractivity contribution in [3.05, 3.63) is 81.4 Å². The molecule has 2 aromatic carbocycles. The van der Waals surface area contributed by atoms with Gasteiger partial charge in [0.25, 0.3) is 5.69 Å². The Balaban J connectivity index is 2.14. The van der Waals surface area contributed by atoms with Crippen LogP contribution in [0.15, 0.2) is 54.6 Å². The zero-order chi connectivity index (χ0) is 20.5. The second-order valence-electron chi connectivity index (χ2n) is 6.56. The molecule has 144 valence electrons. The highest BCUT2D eigenvalue weighted by atomic mass is 16.6. The SMILES string of the molecule is CN(C)CCN(Cc1ccc(C#N)cc1)C(=O)/C=C/c1cccc([N+](=O)[O-])c1. The first kappa shape index (κ1) is 20.8.